The van der Waals surface area contributed by atoms with Gasteiger partial charge in [0.1, 0.15) is 0 Å². The Morgan fingerprint density at radius 2 is 2.05 bits per heavy atom. The van der Waals surface area contributed by atoms with Crippen LogP contribution in [0.15, 0.2) is 0 Å². The maximum Gasteiger partial charge on any atom is 0.234 e. The van der Waals surface area contributed by atoms with Crippen molar-refractivity contribution in [3.63, 3.8) is 0 Å². The lowest BCUT2D eigenvalue weighted by Crippen LogP contribution is -2.41. The average Bonchev–Trinajstić information content (AvgIpc) is 2.76. The number of aliphatic hydroxyl groups excluding tert-OH is 1. The molecular formula is C16H28N4O2. The quantitative estimate of drug-likeness (QED) is 0.703. The van der Waals surface area contributed by atoms with Crippen LogP contribution in [0.3, 0.4) is 0 Å². The van der Waals surface area contributed by atoms with Gasteiger partial charge in [-0.3, -0.25) is 9.48 Å². The molecule has 1 heterocycles. The van der Waals surface area contributed by atoms with E-state index in [-0.39, 0.29) is 12.5 Å². The molecule has 0 spiro atoms. The predicted octanol–water partition coefficient (Wildman–Crippen LogP) is 1.03. The molecule has 1 saturated carbocycles. The van der Waals surface area contributed by atoms with Crippen LogP contribution in [0.5, 0.6) is 0 Å². The van der Waals surface area contributed by atoms with E-state index >= 15 is 0 Å². The van der Waals surface area contributed by atoms with Gasteiger partial charge in [-0.2, -0.15) is 5.10 Å². The molecule has 0 aromatic carbocycles. The minimum absolute atomic E-state index is 0.0740. The largest absolute Gasteiger partial charge is 0.394 e. The maximum absolute atomic E-state index is 12.0. The summed E-state index contributed by atoms with van der Waals surface area (Å²) in [6.07, 6.45) is 5.96. The van der Waals surface area contributed by atoms with E-state index in [1.54, 1.807) is 0 Å². The Balaban J connectivity index is 1.77. The van der Waals surface area contributed by atoms with Crippen molar-refractivity contribution in [2.75, 3.05) is 13.2 Å². The van der Waals surface area contributed by atoms with Crippen molar-refractivity contribution in [2.24, 2.45) is 0 Å². The van der Waals surface area contributed by atoms with Crippen LogP contribution in [0, 0.1) is 13.8 Å². The van der Waals surface area contributed by atoms with E-state index in [9.17, 15) is 4.79 Å². The van der Waals surface area contributed by atoms with E-state index in [0.717, 1.165) is 29.8 Å². The molecule has 6 heteroatoms. The first-order valence-corrected chi connectivity index (χ1v) is 8.25. The first kappa shape index (κ1) is 17.0. The van der Waals surface area contributed by atoms with Crippen LogP contribution in [-0.4, -0.2) is 40.0 Å². The molecule has 2 rings (SSSR count). The molecule has 3 N–H and O–H groups in total. The number of hydrogen-bond acceptors (Lipinski definition) is 4. The van der Waals surface area contributed by atoms with E-state index in [1.165, 1.54) is 19.3 Å². The van der Waals surface area contributed by atoms with Gasteiger partial charge >= 0.3 is 0 Å². The summed E-state index contributed by atoms with van der Waals surface area (Å²) in [5.74, 6) is 0.0740. The monoisotopic (exact) mass is 308 g/mol. The van der Waals surface area contributed by atoms with Crippen molar-refractivity contribution < 1.29 is 9.90 Å². The third-order valence-corrected chi connectivity index (χ3v) is 4.40. The van der Waals surface area contributed by atoms with Gasteiger partial charge in [0, 0.05) is 23.8 Å². The van der Waals surface area contributed by atoms with E-state index in [0.29, 0.717) is 25.7 Å². The van der Waals surface area contributed by atoms with Gasteiger partial charge < -0.3 is 15.7 Å². The molecule has 0 bridgehead atoms. The standard InChI is InChI=1S/C16H28N4O2/c1-12-15(13(2)20(19-12)8-9-21)10-17-11-16(22)18-14-6-4-3-5-7-14/h14,17,21H,3-11H2,1-2H3,(H,18,22). The van der Waals surface area contributed by atoms with Crippen LogP contribution in [0.25, 0.3) is 0 Å². The SMILES string of the molecule is Cc1nn(CCO)c(C)c1CNCC(=O)NC1CCCCC1. The second-order valence-corrected chi connectivity index (χ2v) is 6.10. The number of nitrogens with zero attached hydrogens (tertiary/aromatic N) is 2. The maximum atomic E-state index is 12.0. The van der Waals surface area contributed by atoms with Gasteiger partial charge in [0.2, 0.25) is 5.91 Å². The zero-order valence-corrected chi connectivity index (χ0v) is 13.7. The Bertz CT molecular complexity index is 493. The van der Waals surface area contributed by atoms with E-state index < -0.39 is 0 Å². The molecule has 1 amide bonds. The van der Waals surface area contributed by atoms with E-state index in [1.807, 2.05) is 18.5 Å². The van der Waals surface area contributed by atoms with Crippen LogP contribution in [-0.2, 0) is 17.9 Å². The molecule has 1 fully saturated rings. The molecule has 1 aliphatic rings. The predicted molar refractivity (Wildman–Crippen MR) is 85.5 cm³/mol. The molecule has 6 nitrogen and oxygen atoms in total. The van der Waals surface area contributed by atoms with Gasteiger partial charge in [-0.15, -0.1) is 0 Å². The fourth-order valence-electron chi connectivity index (χ4n) is 3.13. The van der Waals surface area contributed by atoms with Crippen LogP contribution in [0.4, 0.5) is 0 Å². The number of amides is 1. The fourth-order valence-corrected chi connectivity index (χ4v) is 3.13. The molecule has 124 valence electrons. The highest BCUT2D eigenvalue weighted by molar-refractivity contribution is 5.78. The van der Waals surface area contributed by atoms with Crippen LogP contribution >= 0.6 is 0 Å². The number of nitrogens with one attached hydrogen (secondary N) is 2. The normalized spacial score (nSPS) is 16.0. The van der Waals surface area contributed by atoms with E-state index in [2.05, 4.69) is 15.7 Å². The number of aliphatic hydroxyl groups is 1. The highest BCUT2D eigenvalue weighted by Crippen LogP contribution is 2.17. The van der Waals surface area contributed by atoms with Gasteiger partial charge in [-0.1, -0.05) is 19.3 Å². The van der Waals surface area contributed by atoms with Gasteiger partial charge in [0.25, 0.3) is 0 Å². The number of carbonyl (C=O) groups excluding carboxylic acids is 1. The Labute approximate surface area is 132 Å². The summed E-state index contributed by atoms with van der Waals surface area (Å²) in [5.41, 5.74) is 3.11. The minimum Gasteiger partial charge on any atom is -0.394 e. The van der Waals surface area contributed by atoms with Crippen molar-refractivity contribution in [3.8, 4) is 0 Å². The summed E-state index contributed by atoms with van der Waals surface area (Å²) in [6.45, 7) is 5.50. The summed E-state index contributed by atoms with van der Waals surface area (Å²) >= 11 is 0. The lowest BCUT2D eigenvalue weighted by atomic mass is 9.95. The molecule has 1 aliphatic carbocycles. The molecule has 22 heavy (non-hydrogen) atoms. The minimum atomic E-state index is 0.0740. The highest BCUT2D eigenvalue weighted by Gasteiger charge is 2.16. The number of rotatable bonds is 7. The first-order chi connectivity index (χ1) is 10.6. The molecule has 0 unspecified atom stereocenters. The Morgan fingerprint density at radius 3 is 2.73 bits per heavy atom. The highest BCUT2D eigenvalue weighted by atomic mass is 16.3. The van der Waals surface area contributed by atoms with Crippen LogP contribution in [0.2, 0.25) is 0 Å². The van der Waals surface area contributed by atoms with Gasteiger partial charge in [-0.25, -0.2) is 0 Å². The summed E-state index contributed by atoms with van der Waals surface area (Å²) in [7, 11) is 0. The molecule has 0 aliphatic heterocycles. The van der Waals surface area contributed by atoms with Gasteiger partial charge in [0.15, 0.2) is 0 Å². The zero-order chi connectivity index (χ0) is 15.9. The smallest absolute Gasteiger partial charge is 0.234 e. The number of aryl methyl sites for hydroxylation is 1. The summed E-state index contributed by atoms with van der Waals surface area (Å²) in [6, 6.07) is 0.360. The lowest BCUT2D eigenvalue weighted by molar-refractivity contribution is -0.121. The number of carbonyl (C=O) groups is 1. The zero-order valence-electron chi connectivity index (χ0n) is 13.7. The van der Waals surface area contributed by atoms with Crippen molar-refractivity contribution >= 4 is 5.91 Å². The first-order valence-electron chi connectivity index (χ1n) is 8.25. The number of aromatic nitrogens is 2. The average molecular weight is 308 g/mol. The molecule has 0 saturated heterocycles. The second kappa shape index (κ2) is 8.29. The third-order valence-electron chi connectivity index (χ3n) is 4.40. The molecular weight excluding hydrogens is 280 g/mol. The molecule has 0 radical (unpaired) electrons. The Hall–Kier alpha value is -1.40. The Kier molecular flexibility index (Phi) is 6.39. The van der Waals surface area contributed by atoms with Crippen LogP contribution in [0.1, 0.15) is 49.1 Å². The second-order valence-electron chi connectivity index (χ2n) is 6.10. The molecule has 1 aromatic rings. The molecule has 0 atom stereocenters. The summed E-state index contributed by atoms with van der Waals surface area (Å²) < 4.78 is 1.81. The van der Waals surface area contributed by atoms with Crippen molar-refractivity contribution in [3.05, 3.63) is 17.0 Å². The third kappa shape index (κ3) is 4.55. The number of hydrogen-bond donors (Lipinski definition) is 3. The van der Waals surface area contributed by atoms with Crippen LogP contribution < -0.4 is 10.6 Å². The topological polar surface area (TPSA) is 79.2 Å². The fraction of sp³-hybridized carbons (Fsp3) is 0.750. The van der Waals surface area contributed by atoms with E-state index in [4.69, 9.17) is 5.11 Å². The van der Waals surface area contributed by atoms with Gasteiger partial charge in [-0.05, 0) is 26.7 Å². The van der Waals surface area contributed by atoms with Crippen molar-refractivity contribution in [1.82, 2.24) is 20.4 Å². The van der Waals surface area contributed by atoms with Gasteiger partial charge in [0.05, 0.1) is 25.4 Å². The lowest BCUT2D eigenvalue weighted by Gasteiger charge is -2.22. The summed E-state index contributed by atoms with van der Waals surface area (Å²) in [5, 5.41) is 19.7. The van der Waals surface area contributed by atoms with Crippen molar-refractivity contribution in [2.45, 2.75) is 65.1 Å². The van der Waals surface area contributed by atoms with Crippen molar-refractivity contribution in [1.29, 1.82) is 0 Å². The Morgan fingerprint density at radius 1 is 1.32 bits per heavy atom. The molecule has 1 aromatic heterocycles. The summed E-state index contributed by atoms with van der Waals surface area (Å²) in [4.78, 5) is 12.0.